The number of thiazole rings is 1. The first kappa shape index (κ1) is 19.2. The van der Waals surface area contributed by atoms with Crippen molar-refractivity contribution in [3.8, 4) is 0 Å². The van der Waals surface area contributed by atoms with Gasteiger partial charge in [-0.25, -0.2) is 4.39 Å². The molecular weight excluding hydrogens is 382 g/mol. The van der Waals surface area contributed by atoms with E-state index in [9.17, 15) is 22.4 Å². The van der Waals surface area contributed by atoms with E-state index in [0.717, 1.165) is 23.1 Å². The third-order valence-electron chi connectivity index (χ3n) is 3.94. The molecule has 0 saturated heterocycles. The first-order chi connectivity index (χ1) is 12.8. The molecule has 0 N–H and O–H groups in total. The van der Waals surface area contributed by atoms with Crippen LogP contribution in [0.5, 0.6) is 0 Å². The Balaban J connectivity index is 2.10. The van der Waals surface area contributed by atoms with Gasteiger partial charge in [-0.15, -0.1) is 0 Å². The average Bonchev–Trinajstić information content (AvgIpc) is 2.96. The minimum atomic E-state index is -4.67. The third kappa shape index (κ3) is 4.08. The monoisotopic (exact) mass is 397 g/mol. The fourth-order valence-electron chi connectivity index (χ4n) is 2.55. The van der Waals surface area contributed by atoms with Gasteiger partial charge in [-0.3, -0.25) is 9.78 Å². The number of benzene rings is 1. The van der Waals surface area contributed by atoms with E-state index < -0.39 is 29.0 Å². The molecule has 0 spiro atoms. The molecule has 9 heteroatoms. The van der Waals surface area contributed by atoms with Crippen molar-refractivity contribution >= 4 is 27.5 Å². The van der Waals surface area contributed by atoms with Gasteiger partial charge in [0.1, 0.15) is 5.82 Å². The van der Waals surface area contributed by atoms with Crippen LogP contribution in [0, 0.1) is 5.82 Å². The molecule has 0 fully saturated rings. The highest BCUT2D eigenvalue weighted by Gasteiger charge is 2.32. The highest BCUT2D eigenvalue weighted by atomic mass is 32.1. The molecule has 4 nitrogen and oxygen atoms in total. The third-order valence-corrected chi connectivity index (χ3v) is 5.00. The Kier molecular flexibility index (Phi) is 5.41. The molecule has 0 unspecified atom stereocenters. The van der Waals surface area contributed by atoms with Crippen molar-refractivity contribution in [1.29, 1.82) is 0 Å². The maximum Gasteiger partial charge on any atom is 0.416 e. The summed E-state index contributed by atoms with van der Waals surface area (Å²) in [7, 11) is 0. The number of carbonyl (C=O) groups is 1. The molecule has 0 saturated carbocycles. The summed E-state index contributed by atoms with van der Waals surface area (Å²) < 4.78 is 55.1. The van der Waals surface area contributed by atoms with Crippen LogP contribution in [0.3, 0.4) is 0 Å². The fraction of sp³-hybridized carbons (Fsp3) is 0.278. The molecule has 2 aromatic heterocycles. The van der Waals surface area contributed by atoms with Gasteiger partial charge in [0, 0.05) is 12.7 Å². The molecule has 0 aliphatic carbocycles. The number of hydrogen-bond donors (Lipinski definition) is 0. The number of fused-ring (bicyclic) bond motifs is 1. The zero-order valence-corrected chi connectivity index (χ0v) is 15.1. The normalized spacial score (nSPS) is 12.7. The zero-order valence-electron chi connectivity index (χ0n) is 14.3. The SMILES string of the molecule is CCCCn1c(=NC(=O)c2cc(C(F)(F)F)ccc2F)sc2ccncc21. The summed E-state index contributed by atoms with van der Waals surface area (Å²) in [5.74, 6) is -2.09. The average molecular weight is 397 g/mol. The summed E-state index contributed by atoms with van der Waals surface area (Å²) >= 11 is 1.20. The van der Waals surface area contributed by atoms with Gasteiger partial charge in [-0.05, 0) is 30.7 Å². The number of unbranched alkanes of at least 4 members (excludes halogenated alkanes) is 1. The molecule has 0 bridgehead atoms. The number of amides is 1. The van der Waals surface area contributed by atoms with E-state index in [1.54, 1.807) is 23.0 Å². The topological polar surface area (TPSA) is 47.2 Å². The Bertz CT molecular complexity index is 1050. The summed E-state index contributed by atoms with van der Waals surface area (Å²) in [5, 5.41) is 0. The van der Waals surface area contributed by atoms with Crippen molar-refractivity contribution in [3.05, 3.63) is 58.4 Å². The number of hydrogen-bond acceptors (Lipinski definition) is 3. The Morgan fingerprint density at radius 2 is 2.07 bits per heavy atom. The first-order valence-corrected chi connectivity index (χ1v) is 9.02. The second-order valence-electron chi connectivity index (χ2n) is 5.84. The second-order valence-corrected chi connectivity index (χ2v) is 6.85. The summed E-state index contributed by atoms with van der Waals surface area (Å²) in [6, 6.07) is 3.48. The molecule has 3 aromatic rings. The molecule has 2 heterocycles. The molecule has 0 aliphatic rings. The van der Waals surface area contributed by atoms with Crippen LogP contribution in [-0.2, 0) is 12.7 Å². The lowest BCUT2D eigenvalue weighted by atomic mass is 10.1. The van der Waals surface area contributed by atoms with Gasteiger partial charge in [0.15, 0.2) is 4.80 Å². The summed E-state index contributed by atoms with van der Waals surface area (Å²) in [6.45, 7) is 2.58. The number of rotatable bonds is 4. The number of aryl methyl sites for hydroxylation is 1. The van der Waals surface area contributed by atoms with Crippen LogP contribution in [0.1, 0.15) is 35.7 Å². The number of pyridine rings is 1. The van der Waals surface area contributed by atoms with Crippen LogP contribution in [0.4, 0.5) is 17.6 Å². The standard InChI is InChI=1S/C18H15F4N3OS/c1-2-3-8-25-14-10-23-7-6-15(14)27-17(25)24-16(26)12-9-11(18(20,21)22)4-5-13(12)19/h4-7,9-10H,2-3,8H2,1H3. The van der Waals surface area contributed by atoms with E-state index in [1.807, 2.05) is 6.92 Å². The molecule has 3 rings (SSSR count). The Labute approximate surface area is 155 Å². The van der Waals surface area contributed by atoms with Gasteiger partial charge < -0.3 is 4.57 Å². The van der Waals surface area contributed by atoms with Crippen molar-refractivity contribution in [2.24, 2.45) is 4.99 Å². The van der Waals surface area contributed by atoms with Crippen molar-refractivity contribution in [1.82, 2.24) is 9.55 Å². The Hall–Kier alpha value is -2.55. The van der Waals surface area contributed by atoms with Gasteiger partial charge in [-0.2, -0.15) is 18.2 Å². The summed E-state index contributed by atoms with van der Waals surface area (Å²) in [6.07, 6.45) is 0.282. The van der Waals surface area contributed by atoms with Crippen molar-refractivity contribution in [2.45, 2.75) is 32.5 Å². The van der Waals surface area contributed by atoms with E-state index in [-0.39, 0.29) is 0 Å². The van der Waals surface area contributed by atoms with Crippen molar-refractivity contribution in [2.75, 3.05) is 0 Å². The van der Waals surface area contributed by atoms with Crippen LogP contribution in [0.2, 0.25) is 0 Å². The number of carbonyl (C=O) groups excluding carboxylic acids is 1. The minimum absolute atomic E-state index is 0.299. The van der Waals surface area contributed by atoms with Crippen molar-refractivity contribution in [3.63, 3.8) is 0 Å². The lowest BCUT2D eigenvalue weighted by Gasteiger charge is -2.08. The maximum absolute atomic E-state index is 14.0. The van der Waals surface area contributed by atoms with Gasteiger partial charge in [-0.1, -0.05) is 24.7 Å². The molecule has 1 aromatic carbocycles. The fourth-order valence-corrected chi connectivity index (χ4v) is 3.57. The smallest absolute Gasteiger partial charge is 0.315 e. The lowest BCUT2D eigenvalue weighted by molar-refractivity contribution is -0.137. The van der Waals surface area contributed by atoms with Gasteiger partial charge >= 0.3 is 6.18 Å². The molecule has 0 aliphatic heterocycles. The quantitative estimate of drug-likeness (QED) is 0.594. The highest BCUT2D eigenvalue weighted by molar-refractivity contribution is 7.16. The van der Waals surface area contributed by atoms with Crippen LogP contribution in [0.15, 0.2) is 41.7 Å². The molecule has 142 valence electrons. The van der Waals surface area contributed by atoms with E-state index in [4.69, 9.17) is 0 Å². The van der Waals surface area contributed by atoms with Crippen LogP contribution < -0.4 is 4.80 Å². The Morgan fingerprint density at radius 1 is 1.30 bits per heavy atom. The van der Waals surface area contributed by atoms with Crippen LogP contribution in [-0.4, -0.2) is 15.5 Å². The first-order valence-electron chi connectivity index (χ1n) is 8.20. The van der Waals surface area contributed by atoms with E-state index >= 15 is 0 Å². The van der Waals surface area contributed by atoms with E-state index in [0.29, 0.717) is 29.5 Å². The van der Waals surface area contributed by atoms with Gasteiger partial charge in [0.25, 0.3) is 5.91 Å². The predicted molar refractivity (Wildman–Crippen MR) is 93.8 cm³/mol. The van der Waals surface area contributed by atoms with Crippen molar-refractivity contribution < 1.29 is 22.4 Å². The summed E-state index contributed by atoms with van der Waals surface area (Å²) in [4.78, 5) is 20.7. The number of aromatic nitrogens is 2. The Morgan fingerprint density at radius 3 is 2.78 bits per heavy atom. The largest absolute Gasteiger partial charge is 0.416 e. The minimum Gasteiger partial charge on any atom is -0.315 e. The molecule has 0 radical (unpaired) electrons. The summed E-state index contributed by atoms with van der Waals surface area (Å²) in [5.41, 5.74) is -1.03. The van der Waals surface area contributed by atoms with E-state index in [2.05, 4.69) is 9.98 Å². The van der Waals surface area contributed by atoms with E-state index in [1.165, 1.54) is 11.3 Å². The second kappa shape index (κ2) is 7.59. The number of nitrogens with zero attached hydrogens (tertiary/aromatic N) is 3. The molecular formula is C18H15F4N3OS. The molecule has 0 atom stereocenters. The maximum atomic E-state index is 14.0. The van der Waals surface area contributed by atoms with Gasteiger partial charge in [0.2, 0.25) is 0 Å². The predicted octanol–water partition coefficient (Wildman–Crippen LogP) is 4.80. The number of halogens is 4. The van der Waals surface area contributed by atoms with Gasteiger partial charge in [0.05, 0.1) is 27.5 Å². The molecule has 1 amide bonds. The van der Waals surface area contributed by atoms with Crippen LogP contribution in [0.25, 0.3) is 10.2 Å². The van der Waals surface area contributed by atoms with Crippen LogP contribution >= 0.6 is 11.3 Å². The number of alkyl halides is 3. The molecule has 27 heavy (non-hydrogen) atoms. The highest BCUT2D eigenvalue weighted by Crippen LogP contribution is 2.30. The zero-order chi connectivity index (χ0) is 19.6. The lowest BCUT2D eigenvalue weighted by Crippen LogP contribution is -2.18.